The molecule has 8 nitrogen and oxygen atoms in total. The number of aromatic nitrogens is 3. The molecule has 2 heterocycles. The standard InChI is InChI=1S/C22H34N4O4/c1-13-17(20(28)30-11-10-29-9)14(2)23-18(13)19(27)24-16-12-15(21(3,4)5)25-26(16)22(6,7)8/h12,23H,10-11H2,1-9H3,(H,24,27). The third-order valence-electron chi connectivity index (χ3n) is 4.74. The molecule has 0 bridgehead atoms. The summed E-state index contributed by atoms with van der Waals surface area (Å²) in [5.74, 6) is -0.210. The largest absolute Gasteiger partial charge is 0.460 e. The Kier molecular flexibility index (Phi) is 6.81. The summed E-state index contributed by atoms with van der Waals surface area (Å²) in [5, 5.41) is 7.68. The number of aryl methyl sites for hydroxylation is 1. The smallest absolute Gasteiger partial charge is 0.340 e. The van der Waals surface area contributed by atoms with Gasteiger partial charge in [0.1, 0.15) is 18.1 Å². The van der Waals surface area contributed by atoms with E-state index in [1.807, 2.05) is 31.5 Å². The van der Waals surface area contributed by atoms with E-state index in [0.717, 1.165) is 5.69 Å². The molecule has 0 aliphatic heterocycles. The maximum atomic E-state index is 13.1. The van der Waals surface area contributed by atoms with Gasteiger partial charge in [0.2, 0.25) is 0 Å². The minimum absolute atomic E-state index is 0.154. The fourth-order valence-corrected chi connectivity index (χ4v) is 3.10. The van der Waals surface area contributed by atoms with Crippen molar-refractivity contribution in [3.63, 3.8) is 0 Å². The Hall–Kier alpha value is -2.61. The SMILES string of the molecule is COCCOC(=O)c1c(C)[nH]c(C(=O)Nc2cc(C(C)(C)C)nn2C(C)(C)C)c1C. The first-order chi connectivity index (χ1) is 13.8. The zero-order chi connectivity index (χ0) is 22.9. The van der Waals surface area contributed by atoms with Crippen LogP contribution in [0.25, 0.3) is 0 Å². The van der Waals surface area contributed by atoms with Gasteiger partial charge in [0.15, 0.2) is 0 Å². The number of H-pyrrole nitrogens is 1. The molecular formula is C22H34N4O4. The van der Waals surface area contributed by atoms with Crippen LogP contribution in [0.5, 0.6) is 0 Å². The maximum absolute atomic E-state index is 13.1. The van der Waals surface area contributed by atoms with Crippen LogP contribution in [0.4, 0.5) is 5.82 Å². The summed E-state index contributed by atoms with van der Waals surface area (Å²) >= 11 is 0. The first kappa shape index (κ1) is 23.7. The summed E-state index contributed by atoms with van der Waals surface area (Å²) in [6.45, 7) is 16.3. The van der Waals surface area contributed by atoms with Gasteiger partial charge in [0, 0.05) is 24.3 Å². The summed E-state index contributed by atoms with van der Waals surface area (Å²) in [6.07, 6.45) is 0. The molecule has 0 unspecified atom stereocenters. The van der Waals surface area contributed by atoms with Gasteiger partial charge in [0.05, 0.1) is 23.4 Å². The first-order valence-electron chi connectivity index (χ1n) is 10.0. The van der Waals surface area contributed by atoms with E-state index in [1.165, 1.54) is 7.11 Å². The molecule has 2 aromatic heterocycles. The molecule has 30 heavy (non-hydrogen) atoms. The molecule has 0 spiro atoms. The normalized spacial score (nSPS) is 12.2. The lowest BCUT2D eigenvalue weighted by atomic mass is 9.92. The van der Waals surface area contributed by atoms with Gasteiger partial charge >= 0.3 is 5.97 Å². The Labute approximate surface area is 178 Å². The Morgan fingerprint density at radius 1 is 1.13 bits per heavy atom. The Morgan fingerprint density at radius 3 is 2.30 bits per heavy atom. The third-order valence-corrected chi connectivity index (χ3v) is 4.74. The highest BCUT2D eigenvalue weighted by atomic mass is 16.6. The number of carbonyl (C=O) groups is 2. The van der Waals surface area contributed by atoms with Gasteiger partial charge in [-0.3, -0.25) is 4.79 Å². The molecule has 0 fully saturated rings. The second-order valence-electron chi connectivity index (χ2n) is 9.46. The average Bonchev–Trinajstić information content (AvgIpc) is 3.16. The van der Waals surface area contributed by atoms with E-state index < -0.39 is 5.97 Å². The minimum atomic E-state index is -0.480. The fourth-order valence-electron chi connectivity index (χ4n) is 3.10. The fraction of sp³-hybridized carbons (Fsp3) is 0.591. The molecule has 0 radical (unpaired) electrons. The minimum Gasteiger partial charge on any atom is -0.460 e. The lowest BCUT2D eigenvalue weighted by molar-refractivity contribution is 0.0386. The molecule has 2 rings (SSSR count). The van der Waals surface area contributed by atoms with Crippen LogP contribution in [0, 0.1) is 13.8 Å². The molecule has 0 saturated heterocycles. The number of methoxy groups -OCH3 is 1. The highest BCUT2D eigenvalue weighted by Gasteiger charge is 2.28. The number of hydrogen-bond acceptors (Lipinski definition) is 5. The molecule has 0 saturated carbocycles. The highest BCUT2D eigenvalue weighted by molar-refractivity contribution is 6.06. The number of hydrogen-bond donors (Lipinski definition) is 2. The summed E-state index contributed by atoms with van der Waals surface area (Å²) in [7, 11) is 1.54. The second kappa shape index (κ2) is 8.63. The topological polar surface area (TPSA) is 98.2 Å². The number of amides is 1. The predicted molar refractivity (Wildman–Crippen MR) is 116 cm³/mol. The summed E-state index contributed by atoms with van der Waals surface area (Å²) < 4.78 is 11.9. The van der Waals surface area contributed by atoms with Crippen molar-refractivity contribution in [1.29, 1.82) is 0 Å². The van der Waals surface area contributed by atoms with Crippen molar-refractivity contribution in [2.75, 3.05) is 25.6 Å². The van der Waals surface area contributed by atoms with Crippen LogP contribution in [0.1, 0.15) is 79.3 Å². The predicted octanol–water partition coefficient (Wildman–Crippen LogP) is 3.94. The number of esters is 1. The van der Waals surface area contributed by atoms with E-state index in [2.05, 4.69) is 31.1 Å². The number of anilines is 1. The van der Waals surface area contributed by atoms with E-state index in [9.17, 15) is 9.59 Å². The van der Waals surface area contributed by atoms with E-state index in [-0.39, 0.29) is 23.5 Å². The van der Waals surface area contributed by atoms with Crippen LogP contribution in [-0.4, -0.2) is 47.0 Å². The van der Waals surface area contributed by atoms with E-state index in [4.69, 9.17) is 14.6 Å². The molecule has 2 aromatic rings. The van der Waals surface area contributed by atoms with Crippen LogP contribution in [0.15, 0.2) is 6.07 Å². The number of nitrogens with one attached hydrogen (secondary N) is 2. The molecule has 2 N–H and O–H groups in total. The second-order valence-corrected chi connectivity index (χ2v) is 9.46. The quantitative estimate of drug-likeness (QED) is 0.547. The van der Waals surface area contributed by atoms with Crippen molar-refractivity contribution in [1.82, 2.24) is 14.8 Å². The summed E-state index contributed by atoms with van der Waals surface area (Å²) in [6, 6.07) is 1.90. The zero-order valence-electron chi connectivity index (χ0n) is 19.5. The van der Waals surface area contributed by atoms with Crippen molar-refractivity contribution >= 4 is 17.7 Å². The third kappa shape index (κ3) is 5.11. The van der Waals surface area contributed by atoms with Crippen LogP contribution < -0.4 is 5.32 Å². The monoisotopic (exact) mass is 418 g/mol. The lowest BCUT2D eigenvalue weighted by Gasteiger charge is -2.23. The van der Waals surface area contributed by atoms with Gasteiger partial charge < -0.3 is 19.8 Å². The van der Waals surface area contributed by atoms with E-state index in [1.54, 1.807) is 13.8 Å². The number of aromatic amines is 1. The van der Waals surface area contributed by atoms with Crippen molar-refractivity contribution in [2.45, 2.75) is 66.3 Å². The van der Waals surface area contributed by atoms with Crippen LogP contribution in [0.3, 0.4) is 0 Å². The van der Waals surface area contributed by atoms with Crippen molar-refractivity contribution in [2.24, 2.45) is 0 Å². The molecule has 8 heteroatoms. The molecular weight excluding hydrogens is 384 g/mol. The van der Waals surface area contributed by atoms with Gasteiger partial charge in [0.25, 0.3) is 5.91 Å². The summed E-state index contributed by atoms with van der Waals surface area (Å²) in [5.41, 5.74) is 2.23. The van der Waals surface area contributed by atoms with Gasteiger partial charge in [-0.05, 0) is 40.2 Å². The number of nitrogens with zero attached hydrogens (tertiary/aromatic N) is 2. The van der Waals surface area contributed by atoms with Crippen LogP contribution in [-0.2, 0) is 20.4 Å². The molecule has 0 aromatic carbocycles. The van der Waals surface area contributed by atoms with Gasteiger partial charge in [-0.1, -0.05) is 20.8 Å². The van der Waals surface area contributed by atoms with Gasteiger partial charge in [-0.25, -0.2) is 9.48 Å². The number of carbonyl (C=O) groups excluding carboxylic acids is 2. The number of ether oxygens (including phenoxy) is 2. The Bertz CT molecular complexity index is 926. The van der Waals surface area contributed by atoms with Crippen LogP contribution in [0.2, 0.25) is 0 Å². The average molecular weight is 419 g/mol. The Balaban J connectivity index is 2.34. The van der Waals surface area contributed by atoms with Gasteiger partial charge in [-0.15, -0.1) is 0 Å². The molecule has 1 amide bonds. The highest BCUT2D eigenvalue weighted by Crippen LogP contribution is 2.29. The van der Waals surface area contributed by atoms with Crippen molar-refractivity contribution < 1.29 is 19.1 Å². The number of rotatable bonds is 6. The molecule has 0 aliphatic carbocycles. The van der Waals surface area contributed by atoms with Crippen molar-refractivity contribution in [3.8, 4) is 0 Å². The van der Waals surface area contributed by atoms with Crippen molar-refractivity contribution in [3.05, 3.63) is 34.3 Å². The lowest BCUT2D eigenvalue weighted by Crippen LogP contribution is -2.27. The maximum Gasteiger partial charge on any atom is 0.340 e. The van der Waals surface area contributed by atoms with E-state index >= 15 is 0 Å². The first-order valence-corrected chi connectivity index (χ1v) is 10.0. The Morgan fingerprint density at radius 2 is 1.77 bits per heavy atom. The molecule has 166 valence electrons. The van der Waals surface area contributed by atoms with Crippen LogP contribution >= 0.6 is 0 Å². The zero-order valence-corrected chi connectivity index (χ0v) is 19.5. The summed E-state index contributed by atoms with van der Waals surface area (Å²) in [4.78, 5) is 28.5. The molecule has 0 atom stereocenters. The molecule has 0 aliphatic rings. The van der Waals surface area contributed by atoms with Gasteiger partial charge in [-0.2, -0.15) is 5.10 Å². The van der Waals surface area contributed by atoms with E-state index in [0.29, 0.717) is 34.9 Å².